The van der Waals surface area contributed by atoms with E-state index in [9.17, 15) is 4.79 Å². The van der Waals surface area contributed by atoms with E-state index in [-0.39, 0.29) is 5.17 Å². The second-order valence-corrected chi connectivity index (χ2v) is 2.55. The Hall–Kier alpha value is -0.610. The number of nitrogens with zero attached hydrogens (tertiary/aromatic N) is 1. The van der Waals surface area contributed by atoms with Crippen LogP contribution in [-0.4, -0.2) is 16.3 Å². The lowest BCUT2D eigenvalue weighted by Gasteiger charge is -2.06. The topological polar surface area (TPSA) is 66.6 Å². The molecule has 3 N–H and O–H groups in total. The summed E-state index contributed by atoms with van der Waals surface area (Å²) in [4.78, 5) is 10.7. The minimum absolute atomic E-state index is 0.159. The summed E-state index contributed by atoms with van der Waals surface area (Å²) < 4.78 is 0. The van der Waals surface area contributed by atoms with Crippen molar-refractivity contribution in [2.75, 3.05) is 0 Å². The highest BCUT2D eigenvalue weighted by molar-refractivity contribution is 5.74. The normalized spacial score (nSPS) is 9.73. The highest BCUT2D eigenvalue weighted by atomic mass is 16.5. The number of hydroxylamine groups is 1. The molecule has 0 radical (unpaired) electrons. The average molecular weight is 160 g/mol. The molecule has 0 bridgehead atoms. The molecule has 0 atom stereocenters. The molecule has 0 unspecified atom stereocenters. The van der Waals surface area contributed by atoms with Gasteiger partial charge in [-0.05, 0) is 6.42 Å². The van der Waals surface area contributed by atoms with Crippen LogP contribution in [0.2, 0.25) is 0 Å². The summed E-state index contributed by atoms with van der Waals surface area (Å²) in [7, 11) is 0. The molecular formula is C7H16N2O2. The standard InChI is InChI=1S/C7H16N2O2/c1-2-3-4-5-6-7(10)9(8)11/h11H,2-6,8H2,1H3. The van der Waals surface area contributed by atoms with Gasteiger partial charge in [-0.15, -0.1) is 0 Å². The van der Waals surface area contributed by atoms with Gasteiger partial charge in [0.15, 0.2) is 0 Å². The van der Waals surface area contributed by atoms with Crippen molar-refractivity contribution in [2.24, 2.45) is 5.84 Å². The van der Waals surface area contributed by atoms with Gasteiger partial charge in [0.2, 0.25) is 0 Å². The predicted octanol–water partition coefficient (Wildman–Crippen LogP) is 1.05. The minimum atomic E-state index is -0.416. The molecule has 0 fully saturated rings. The predicted molar refractivity (Wildman–Crippen MR) is 41.6 cm³/mol. The summed E-state index contributed by atoms with van der Waals surface area (Å²) in [5.74, 6) is 4.37. The van der Waals surface area contributed by atoms with Crippen molar-refractivity contribution >= 4 is 5.91 Å². The van der Waals surface area contributed by atoms with Crippen molar-refractivity contribution in [3.05, 3.63) is 0 Å². The van der Waals surface area contributed by atoms with Crippen molar-refractivity contribution in [3.63, 3.8) is 0 Å². The zero-order valence-corrected chi connectivity index (χ0v) is 6.92. The van der Waals surface area contributed by atoms with E-state index >= 15 is 0 Å². The van der Waals surface area contributed by atoms with Crippen LogP contribution in [0.3, 0.4) is 0 Å². The number of hydrogen-bond donors (Lipinski definition) is 2. The molecule has 0 aromatic heterocycles. The molecule has 4 heteroatoms. The highest BCUT2D eigenvalue weighted by Crippen LogP contribution is 2.02. The molecule has 1 amide bonds. The van der Waals surface area contributed by atoms with E-state index in [4.69, 9.17) is 11.0 Å². The molecule has 0 saturated carbocycles. The number of rotatable bonds is 5. The number of hydrogen-bond acceptors (Lipinski definition) is 3. The van der Waals surface area contributed by atoms with Crippen molar-refractivity contribution in [3.8, 4) is 0 Å². The Kier molecular flexibility index (Phi) is 5.78. The average Bonchev–Trinajstić information content (AvgIpc) is 1.97. The Balaban J connectivity index is 3.18. The smallest absolute Gasteiger partial charge is 0.260 e. The van der Waals surface area contributed by atoms with Gasteiger partial charge in [-0.25, -0.2) is 5.84 Å². The van der Waals surface area contributed by atoms with Crippen LogP contribution in [0.25, 0.3) is 0 Å². The van der Waals surface area contributed by atoms with Crippen LogP contribution in [-0.2, 0) is 4.79 Å². The van der Waals surface area contributed by atoms with Gasteiger partial charge in [-0.1, -0.05) is 26.2 Å². The van der Waals surface area contributed by atoms with Crippen LogP contribution in [0.4, 0.5) is 0 Å². The van der Waals surface area contributed by atoms with Gasteiger partial charge >= 0.3 is 0 Å². The maximum Gasteiger partial charge on any atom is 0.260 e. The molecule has 66 valence electrons. The van der Waals surface area contributed by atoms with Gasteiger partial charge in [0.1, 0.15) is 0 Å². The van der Waals surface area contributed by atoms with E-state index in [1.165, 1.54) is 0 Å². The van der Waals surface area contributed by atoms with Gasteiger partial charge < -0.3 is 0 Å². The quantitative estimate of drug-likeness (QED) is 0.208. The van der Waals surface area contributed by atoms with Crippen LogP contribution in [0.5, 0.6) is 0 Å². The lowest BCUT2D eigenvalue weighted by molar-refractivity contribution is -0.166. The molecule has 0 spiro atoms. The lowest BCUT2D eigenvalue weighted by Crippen LogP contribution is -2.33. The Bertz CT molecular complexity index is 115. The van der Waals surface area contributed by atoms with E-state index in [0.29, 0.717) is 6.42 Å². The highest BCUT2D eigenvalue weighted by Gasteiger charge is 2.04. The minimum Gasteiger partial charge on any atom is -0.271 e. The van der Waals surface area contributed by atoms with E-state index < -0.39 is 5.91 Å². The first kappa shape index (κ1) is 10.4. The lowest BCUT2D eigenvalue weighted by atomic mass is 10.1. The molecule has 0 aromatic rings. The number of carbonyl (C=O) groups is 1. The molecular weight excluding hydrogens is 144 g/mol. The van der Waals surface area contributed by atoms with Crippen LogP contribution >= 0.6 is 0 Å². The molecule has 0 aromatic carbocycles. The number of carbonyl (C=O) groups excluding carboxylic acids is 1. The van der Waals surface area contributed by atoms with Crippen molar-refractivity contribution < 1.29 is 10.0 Å². The van der Waals surface area contributed by atoms with Gasteiger partial charge in [-0.3, -0.25) is 10.0 Å². The Labute approximate surface area is 66.9 Å². The van der Waals surface area contributed by atoms with Crippen LogP contribution < -0.4 is 5.84 Å². The van der Waals surface area contributed by atoms with Gasteiger partial charge in [0, 0.05) is 6.42 Å². The van der Waals surface area contributed by atoms with Crippen LogP contribution in [0.1, 0.15) is 39.0 Å². The fourth-order valence-corrected chi connectivity index (χ4v) is 0.818. The van der Waals surface area contributed by atoms with Gasteiger partial charge in [0.05, 0.1) is 0 Å². The SMILES string of the molecule is CCCCCCC(=O)N(N)O. The molecule has 0 heterocycles. The Morgan fingerprint density at radius 1 is 1.45 bits per heavy atom. The molecule has 0 aliphatic heterocycles. The number of amides is 1. The zero-order valence-electron chi connectivity index (χ0n) is 6.92. The maximum absolute atomic E-state index is 10.7. The van der Waals surface area contributed by atoms with Crippen molar-refractivity contribution in [1.29, 1.82) is 0 Å². The fraction of sp³-hybridized carbons (Fsp3) is 0.857. The van der Waals surface area contributed by atoms with E-state index in [2.05, 4.69) is 6.92 Å². The zero-order chi connectivity index (χ0) is 8.69. The summed E-state index contributed by atoms with van der Waals surface area (Å²) in [6.07, 6.45) is 4.44. The molecule has 0 saturated heterocycles. The van der Waals surface area contributed by atoms with Crippen molar-refractivity contribution in [2.45, 2.75) is 39.0 Å². The van der Waals surface area contributed by atoms with Gasteiger partial charge in [0.25, 0.3) is 5.91 Å². The molecule has 4 nitrogen and oxygen atoms in total. The first-order valence-corrected chi connectivity index (χ1v) is 3.95. The van der Waals surface area contributed by atoms with E-state index in [0.717, 1.165) is 25.7 Å². The van der Waals surface area contributed by atoms with Gasteiger partial charge in [-0.2, -0.15) is 5.17 Å². The summed E-state index contributed by atoms with van der Waals surface area (Å²) in [5, 5.41) is 8.60. The van der Waals surface area contributed by atoms with Crippen molar-refractivity contribution in [1.82, 2.24) is 5.17 Å². The third kappa shape index (κ3) is 5.82. The summed E-state index contributed by atoms with van der Waals surface area (Å²) in [5.41, 5.74) is 0. The number of nitrogens with two attached hydrogens (primary N) is 1. The third-order valence-electron chi connectivity index (χ3n) is 1.50. The second-order valence-electron chi connectivity index (χ2n) is 2.55. The molecule has 0 rings (SSSR count). The Morgan fingerprint density at radius 2 is 2.09 bits per heavy atom. The second kappa shape index (κ2) is 6.12. The summed E-state index contributed by atoms with van der Waals surface area (Å²) >= 11 is 0. The summed E-state index contributed by atoms with van der Waals surface area (Å²) in [6.45, 7) is 2.10. The first-order chi connectivity index (χ1) is 5.18. The maximum atomic E-state index is 10.7. The summed E-state index contributed by atoms with van der Waals surface area (Å²) in [6, 6.07) is 0. The Morgan fingerprint density at radius 3 is 2.55 bits per heavy atom. The number of hydrazine groups is 1. The molecule has 0 aliphatic rings. The molecule has 0 aliphatic carbocycles. The number of unbranched alkanes of at least 4 members (excludes halogenated alkanes) is 3. The largest absolute Gasteiger partial charge is 0.271 e. The third-order valence-corrected chi connectivity index (χ3v) is 1.50. The monoisotopic (exact) mass is 160 g/mol. The van der Waals surface area contributed by atoms with Crippen LogP contribution in [0.15, 0.2) is 0 Å². The van der Waals surface area contributed by atoms with Crippen LogP contribution in [0, 0.1) is 0 Å². The molecule has 11 heavy (non-hydrogen) atoms. The first-order valence-electron chi connectivity index (χ1n) is 3.95. The van der Waals surface area contributed by atoms with E-state index in [1.807, 2.05) is 0 Å². The van der Waals surface area contributed by atoms with E-state index in [1.54, 1.807) is 0 Å². The fourth-order valence-electron chi connectivity index (χ4n) is 0.818.